The zero-order chi connectivity index (χ0) is 32.7. The molecule has 9 heteroatoms. The molecule has 246 valence electrons. The zero-order valence-corrected chi connectivity index (χ0v) is 28.1. The van der Waals surface area contributed by atoms with Crippen molar-refractivity contribution in [2.45, 2.75) is 70.1 Å². The summed E-state index contributed by atoms with van der Waals surface area (Å²) in [7, 11) is 0. The molecule has 3 heterocycles. The van der Waals surface area contributed by atoms with Crippen LogP contribution in [0.25, 0.3) is 21.9 Å². The van der Waals surface area contributed by atoms with Crippen LogP contribution in [-0.2, 0) is 9.59 Å². The Morgan fingerprint density at radius 2 is 1.87 bits per heavy atom. The molecule has 2 bridgehead atoms. The molecule has 47 heavy (non-hydrogen) atoms. The average Bonchev–Trinajstić information content (AvgIpc) is 3.71. The summed E-state index contributed by atoms with van der Waals surface area (Å²) < 4.78 is 6.70. The van der Waals surface area contributed by atoms with Gasteiger partial charge in [0.1, 0.15) is 12.4 Å². The lowest BCUT2D eigenvalue weighted by Crippen LogP contribution is -2.59. The number of piperazine rings is 1. The van der Waals surface area contributed by atoms with Gasteiger partial charge >= 0.3 is 0 Å². The summed E-state index contributed by atoms with van der Waals surface area (Å²) in [6, 6.07) is 17.1. The maximum Gasteiger partial charge on any atom is 0.246 e. The molecule has 0 unspecified atom stereocenters. The van der Waals surface area contributed by atoms with Crippen LogP contribution in [0, 0.1) is 5.92 Å². The van der Waals surface area contributed by atoms with Gasteiger partial charge in [0.15, 0.2) is 5.75 Å². The number of fused-ring (bicyclic) bond motifs is 4. The number of nitrogens with one attached hydrogen (secondary N) is 1. The van der Waals surface area contributed by atoms with Crippen molar-refractivity contribution in [2.24, 2.45) is 10.9 Å². The number of amidine groups is 1. The van der Waals surface area contributed by atoms with E-state index in [1.165, 1.54) is 31.9 Å². The first-order valence-electron chi connectivity index (χ1n) is 17.1. The second-order valence-corrected chi connectivity index (χ2v) is 14.1. The van der Waals surface area contributed by atoms with E-state index in [1.807, 2.05) is 43.0 Å². The summed E-state index contributed by atoms with van der Waals surface area (Å²) in [6.07, 6.45) is 8.11. The van der Waals surface area contributed by atoms with Crippen LogP contribution in [0.1, 0.15) is 51.5 Å². The molecule has 1 saturated carbocycles. The van der Waals surface area contributed by atoms with Gasteiger partial charge in [0, 0.05) is 48.9 Å². The molecule has 0 spiro atoms. The summed E-state index contributed by atoms with van der Waals surface area (Å²) in [5, 5.41) is 6.58. The number of carbonyl (C=O) groups is 2. The molecular formula is C38H44ClN5O3. The molecule has 0 radical (unpaired) electrons. The van der Waals surface area contributed by atoms with Gasteiger partial charge in [0.2, 0.25) is 12.3 Å². The van der Waals surface area contributed by atoms with Gasteiger partial charge in [-0.1, -0.05) is 60.6 Å². The topological polar surface area (TPSA) is 77.5 Å². The lowest BCUT2D eigenvalue weighted by molar-refractivity contribution is -0.130. The van der Waals surface area contributed by atoms with Gasteiger partial charge in [0.25, 0.3) is 0 Å². The first-order chi connectivity index (χ1) is 22.9. The molecule has 2 saturated heterocycles. The first-order valence-corrected chi connectivity index (χ1v) is 17.4. The predicted octanol–water partition coefficient (Wildman–Crippen LogP) is 6.61. The van der Waals surface area contributed by atoms with Crippen LogP contribution in [0.4, 0.5) is 5.69 Å². The Labute approximate surface area is 282 Å². The van der Waals surface area contributed by atoms with Gasteiger partial charge in [-0.3, -0.25) is 9.59 Å². The first kappa shape index (κ1) is 31.7. The SMILES string of the molecule is C=CC(=O)N1C[C@H](C)N(/C(=N/C=O)c2cc(Cl)c(-c3cccc4ccccc34)c3c2N[C@H](CCCN2C[C@H]4CC[C@@H]2C4)CO3)C[C@H]1C. The molecule has 0 aromatic heterocycles. The Hall–Kier alpha value is -3.88. The molecular weight excluding hydrogens is 610 g/mol. The molecule has 8 nitrogen and oxygen atoms in total. The van der Waals surface area contributed by atoms with Crippen LogP contribution in [0.5, 0.6) is 5.75 Å². The quantitative estimate of drug-likeness (QED) is 0.128. The number of piperidine rings is 1. The van der Waals surface area contributed by atoms with E-state index in [1.54, 1.807) is 0 Å². The molecule has 7 rings (SSSR count). The van der Waals surface area contributed by atoms with Crippen molar-refractivity contribution in [3.05, 3.63) is 71.8 Å². The Balaban J connectivity index is 1.26. The van der Waals surface area contributed by atoms with Crippen molar-refractivity contribution in [2.75, 3.05) is 38.1 Å². The Bertz CT molecular complexity index is 1720. The Morgan fingerprint density at radius 1 is 1.09 bits per heavy atom. The van der Waals surface area contributed by atoms with E-state index in [9.17, 15) is 9.59 Å². The van der Waals surface area contributed by atoms with Crippen molar-refractivity contribution < 1.29 is 14.3 Å². The number of aliphatic imine (C=N–C) groups is 1. The van der Waals surface area contributed by atoms with E-state index in [0.717, 1.165) is 64.5 Å². The maximum absolute atomic E-state index is 12.6. The number of anilines is 1. The van der Waals surface area contributed by atoms with E-state index in [4.69, 9.17) is 16.3 Å². The number of hydrogen-bond donors (Lipinski definition) is 1. The van der Waals surface area contributed by atoms with Crippen molar-refractivity contribution >= 4 is 46.2 Å². The highest BCUT2D eigenvalue weighted by atomic mass is 35.5. The van der Waals surface area contributed by atoms with Gasteiger partial charge in [0.05, 0.1) is 16.8 Å². The van der Waals surface area contributed by atoms with Gasteiger partial charge in [-0.25, -0.2) is 0 Å². The lowest BCUT2D eigenvalue weighted by atomic mass is 9.93. The molecule has 3 aliphatic heterocycles. The predicted molar refractivity (Wildman–Crippen MR) is 189 cm³/mol. The van der Waals surface area contributed by atoms with E-state index in [-0.39, 0.29) is 24.0 Å². The highest BCUT2D eigenvalue weighted by Crippen LogP contribution is 2.48. The van der Waals surface area contributed by atoms with Crippen LogP contribution < -0.4 is 10.1 Å². The van der Waals surface area contributed by atoms with Crippen LogP contribution >= 0.6 is 11.6 Å². The number of amides is 2. The number of benzene rings is 3. The summed E-state index contributed by atoms with van der Waals surface area (Å²) in [5.74, 6) is 1.99. The zero-order valence-electron chi connectivity index (χ0n) is 27.3. The largest absolute Gasteiger partial charge is 0.489 e. The fourth-order valence-corrected chi connectivity index (χ4v) is 8.70. The fourth-order valence-electron chi connectivity index (χ4n) is 8.41. The van der Waals surface area contributed by atoms with Crippen molar-refractivity contribution in [1.82, 2.24) is 14.7 Å². The molecule has 1 aliphatic carbocycles. The van der Waals surface area contributed by atoms with E-state index < -0.39 is 0 Å². The molecule has 3 aromatic rings. The molecule has 3 fully saturated rings. The van der Waals surface area contributed by atoms with E-state index in [2.05, 4.69) is 51.0 Å². The Morgan fingerprint density at radius 3 is 2.64 bits per heavy atom. The second kappa shape index (κ2) is 13.3. The smallest absolute Gasteiger partial charge is 0.246 e. The van der Waals surface area contributed by atoms with Crippen molar-refractivity contribution in [3.8, 4) is 16.9 Å². The minimum Gasteiger partial charge on any atom is -0.489 e. The molecule has 3 aromatic carbocycles. The van der Waals surface area contributed by atoms with Gasteiger partial charge in [-0.05, 0) is 86.9 Å². The minimum atomic E-state index is -0.104. The number of likely N-dealkylation sites (tertiary alicyclic amines) is 1. The molecule has 5 atom stereocenters. The molecule has 1 N–H and O–H groups in total. The number of rotatable bonds is 8. The summed E-state index contributed by atoms with van der Waals surface area (Å²) in [5.41, 5.74) is 3.35. The fraction of sp³-hybridized carbons (Fsp3) is 0.447. The third kappa shape index (κ3) is 6.02. The van der Waals surface area contributed by atoms with Crippen molar-refractivity contribution in [1.29, 1.82) is 0 Å². The number of carbonyl (C=O) groups excluding carboxylic acids is 2. The number of nitrogens with zero attached hydrogens (tertiary/aromatic N) is 4. The van der Waals surface area contributed by atoms with Crippen LogP contribution in [0.15, 0.2) is 66.2 Å². The average molecular weight is 654 g/mol. The standard InChI is InChI=1S/C38H44ClN5O3/c1-4-34(46)43-19-25(3)44(20-24(43)2)38(40-23-45)32-18-33(39)35(31-13-7-10-27-9-5-6-12-30(27)31)37-36(32)41-28(22-47-37)11-8-16-42-21-26-14-15-29(42)17-26/h4-7,9-10,12-13,18,23-26,28-29,41H,1,8,11,14-17,19-22H2,2-3H3/b40-38+/t24-,25+,26+,28-,29-/m1/s1. The summed E-state index contributed by atoms with van der Waals surface area (Å²) in [6.45, 7) is 11.6. The highest BCUT2D eigenvalue weighted by molar-refractivity contribution is 6.35. The van der Waals surface area contributed by atoms with Crippen molar-refractivity contribution in [3.63, 3.8) is 0 Å². The Kier molecular flexibility index (Phi) is 8.99. The summed E-state index contributed by atoms with van der Waals surface area (Å²) >= 11 is 7.22. The number of halogens is 1. The highest BCUT2D eigenvalue weighted by Gasteiger charge is 2.38. The van der Waals surface area contributed by atoms with E-state index in [0.29, 0.717) is 42.7 Å². The van der Waals surface area contributed by atoms with Crippen LogP contribution in [0.2, 0.25) is 5.02 Å². The third-order valence-corrected chi connectivity index (χ3v) is 11.0. The van der Waals surface area contributed by atoms with Gasteiger partial charge < -0.3 is 24.8 Å². The summed E-state index contributed by atoms with van der Waals surface area (Å²) in [4.78, 5) is 35.8. The van der Waals surface area contributed by atoms with Crippen LogP contribution in [-0.4, -0.2) is 89.8 Å². The van der Waals surface area contributed by atoms with Gasteiger partial charge in [-0.15, -0.1) is 0 Å². The van der Waals surface area contributed by atoms with E-state index >= 15 is 0 Å². The minimum absolute atomic E-state index is 0.0958. The third-order valence-electron chi connectivity index (χ3n) is 10.7. The number of hydrogen-bond acceptors (Lipinski definition) is 5. The normalized spacial score (nSPS) is 25.8. The van der Waals surface area contributed by atoms with Gasteiger partial charge in [-0.2, -0.15) is 4.99 Å². The number of ether oxygens (including phenoxy) is 1. The second-order valence-electron chi connectivity index (χ2n) is 13.7. The van der Waals surface area contributed by atoms with Crippen LogP contribution in [0.3, 0.4) is 0 Å². The molecule has 2 amide bonds. The monoisotopic (exact) mass is 653 g/mol. The molecule has 4 aliphatic rings. The lowest BCUT2D eigenvalue weighted by Gasteiger charge is -2.45. The maximum atomic E-state index is 12.6.